The van der Waals surface area contributed by atoms with E-state index in [4.69, 9.17) is 20.4 Å². The van der Waals surface area contributed by atoms with Crippen LogP contribution in [-0.2, 0) is 19.2 Å². The molecule has 0 saturated heterocycles. The van der Waals surface area contributed by atoms with Gasteiger partial charge < -0.3 is 20.4 Å². The molecule has 4 N–H and O–H groups in total. The Morgan fingerprint density at radius 2 is 0.833 bits per heavy atom. The van der Waals surface area contributed by atoms with Crippen molar-refractivity contribution in [1.29, 1.82) is 0 Å². The standard InChI is InChI=1S/C10H12O8/c1-3-4(2)10(7(15)16,8(17)18)9(3,5(11)12)6(13)14/h3-4H,1-2H3,(H,11,12)(H,13,14)(H,15,16)(H,17,18). The van der Waals surface area contributed by atoms with Crippen LogP contribution < -0.4 is 0 Å². The Morgan fingerprint density at radius 1 is 0.667 bits per heavy atom. The van der Waals surface area contributed by atoms with E-state index in [1.165, 1.54) is 13.8 Å². The zero-order chi connectivity index (χ0) is 14.5. The molecule has 0 heterocycles. The molecule has 8 nitrogen and oxygen atoms in total. The highest BCUT2D eigenvalue weighted by atomic mass is 16.4. The number of carbonyl (C=O) groups is 4. The van der Waals surface area contributed by atoms with Crippen molar-refractivity contribution < 1.29 is 39.6 Å². The Balaban J connectivity index is 3.68. The molecule has 1 saturated carbocycles. The number of hydrogen-bond acceptors (Lipinski definition) is 4. The lowest BCUT2D eigenvalue weighted by Crippen LogP contribution is -2.76. The second-order valence-corrected chi connectivity index (χ2v) is 4.41. The third-order valence-electron chi connectivity index (χ3n) is 4.09. The van der Waals surface area contributed by atoms with Crippen LogP contribution in [0.4, 0.5) is 0 Å². The molecule has 2 atom stereocenters. The van der Waals surface area contributed by atoms with Gasteiger partial charge in [-0.3, -0.25) is 19.2 Å². The highest BCUT2D eigenvalue weighted by molar-refractivity contribution is 6.15. The molecule has 0 spiro atoms. The van der Waals surface area contributed by atoms with Crippen molar-refractivity contribution in [1.82, 2.24) is 0 Å². The van der Waals surface area contributed by atoms with Crippen LogP contribution in [0.15, 0.2) is 0 Å². The number of carboxylic acids is 4. The third kappa shape index (κ3) is 1.05. The highest BCUT2D eigenvalue weighted by Gasteiger charge is 2.84. The van der Waals surface area contributed by atoms with Gasteiger partial charge >= 0.3 is 23.9 Å². The molecule has 0 bridgehead atoms. The minimum Gasteiger partial charge on any atom is -0.480 e. The predicted octanol–water partition coefficient (Wildman–Crippen LogP) is -0.417. The predicted molar refractivity (Wildman–Crippen MR) is 53.7 cm³/mol. The van der Waals surface area contributed by atoms with Crippen LogP contribution in [0.2, 0.25) is 0 Å². The minimum absolute atomic E-state index is 1.11. The largest absolute Gasteiger partial charge is 0.480 e. The van der Waals surface area contributed by atoms with Crippen molar-refractivity contribution in [3.63, 3.8) is 0 Å². The molecule has 100 valence electrons. The molecule has 8 heteroatoms. The molecule has 0 aromatic carbocycles. The summed E-state index contributed by atoms with van der Waals surface area (Å²) in [5.74, 6) is -10.0. The Bertz CT molecular complexity index is 381. The van der Waals surface area contributed by atoms with E-state index >= 15 is 0 Å². The Hall–Kier alpha value is -2.12. The van der Waals surface area contributed by atoms with E-state index in [-0.39, 0.29) is 0 Å². The first-order valence-electron chi connectivity index (χ1n) is 5.03. The van der Waals surface area contributed by atoms with Gasteiger partial charge in [-0.25, -0.2) is 0 Å². The van der Waals surface area contributed by atoms with Crippen LogP contribution in [0.5, 0.6) is 0 Å². The second-order valence-electron chi connectivity index (χ2n) is 4.41. The molecule has 1 aliphatic rings. The van der Waals surface area contributed by atoms with Crippen molar-refractivity contribution in [2.24, 2.45) is 22.7 Å². The normalized spacial score (nSPS) is 27.9. The molecular weight excluding hydrogens is 248 g/mol. The molecule has 1 fully saturated rings. The first kappa shape index (κ1) is 13.9. The zero-order valence-electron chi connectivity index (χ0n) is 9.58. The summed E-state index contributed by atoms with van der Waals surface area (Å²) in [6.45, 7) is 2.44. The van der Waals surface area contributed by atoms with Crippen molar-refractivity contribution in [2.45, 2.75) is 13.8 Å². The van der Waals surface area contributed by atoms with Gasteiger partial charge in [0.15, 0.2) is 10.8 Å². The van der Waals surface area contributed by atoms with Gasteiger partial charge in [-0.1, -0.05) is 13.8 Å². The molecule has 18 heavy (non-hydrogen) atoms. The molecular formula is C10H12O8. The van der Waals surface area contributed by atoms with Crippen molar-refractivity contribution in [2.75, 3.05) is 0 Å². The van der Waals surface area contributed by atoms with E-state index in [2.05, 4.69) is 0 Å². The maximum absolute atomic E-state index is 11.2. The van der Waals surface area contributed by atoms with E-state index in [1.54, 1.807) is 0 Å². The average molecular weight is 260 g/mol. The van der Waals surface area contributed by atoms with Crippen LogP contribution in [0, 0.1) is 22.7 Å². The number of carboxylic acid groups (broad SMARTS) is 4. The number of rotatable bonds is 4. The third-order valence-corrected chi connectivity index (χ3v) is 4.09. The van der Waals surface area contributed by atoms with E-state index < -0.39 is 46.5 Å². The first-order valence-corrected chi connectivity index (χ1v) is 5.03. The maximum Gasteiger partial charge on any atom is 0.323 e. The monoisotopic (exact) mass is 260 g/mol. The maximum atomic E-state index is 11.2. The quantitative estimate of drug-likeness (QED) is 0.498. The SMILES string of the molecule is CC1C(C)C(C(=O)O)(C(=O)O)C1(C(=O)O)C(=O)O. The van der Waals surface area contributed by atoms with Crippen molar-refractivity contribution in [3.8, 4) is 0 Å². The lowest BCUT2D eigenvalue weighted by atomic mass is 9.38. The van der Waals surface area contributed by atoms with Gasteiger partial charge in [-0.15, -0.1) is 0 Å². The van der Waals surface area contributed by atoms with Crippen molar-refractivity contribution >= 4 is 23.9 Å². The molecule has 0 radical (unpaired) electrons. The Morgan fingerprint density at radius 3 is 0.944 bits per heavy atom. The topological polar surface area (TPSA) is 149 Å². The average Bonchev–Trinajstić information content (AvgIpc) is 2.20. The van der Waals surface area contributed by atoms with Crippen LogP contribution in [0.25, 0.3) is 0 Å². The fraction of sp³-hybridized carbons (Fsp3) is 0.600. The van der Waals surface area contributed by atoms with Crippen LogP contribution in [0.3, 0.4) is 0 Å². The summed E-state index contributed by atoms with van der Waals surface area (Å²) < 4.78 is 0. The van der Waals surface area contributed by atoms with E-state index in [1.807, 2.05) is 0 Å². The van der Waals surface area contributed by atoms with Gasteiger partial charge in [0.1, 0.15) is 0 Å². The Kier molecular flexibility index (Phi) is 2.86. The lowest BCUT2D eigenvalue weighted by molar-refractivity contribution is -0.238. The molecule has 0 aromatic rings. The second kappa shape index (κ2) is 3.69. The zero-order valence-corrected chi connectivity index (χ0v) is 9.58. The van der Waals surface area contributed by atoms with Gasteiger partial charge in [-0.2, -0.15) is 0 Å². The highest BCUT2D eigenvalue weighted by Crippen LogP contribution is 2.65. The Labute approximate surface area is 101 Å². The fourth-order valence-corrected chi connectivity index (χ4v) is 3.01. The molecule has 0 aromatic heterocycles. The van der Waals surface area contributed by atoms with Gasteiger partial charge in [-0.05, 0) is 11.8 Å². The van der Waals surface area contributed by atoms with Crippen molar-refractivity contribution in [3.05, 3.63) is 0 Å². The molecule has 0 amide bonds. The summed E-state index contributed by atoms with van der Waals surface area (Å²) in [4.78, 5) is 44.9. The van der Waals surface area contributed by atoms with Gasteiger partial charge in [0.05, 0.1) is 0 Å². The summed E-state index contributed by atoms with van der Waals surface area (Å²) >= 11 is 0. The fourth-order valence-electron chi connectivity index (χ4n) is 3.01. The lowest BCUT2D eigenvalue weighted by Gasteiger charge is -2.57. The molecule has 1 rings (SSSR count). The van der Waals surface area contributed by atoms with E-state index in [9.17, 15) is 19.2 Å². The summed E-state index contributed by atoms with van der Waals surface area (Å²) in [6.07, 6.45) is 0. The summed E-state index contributed by atoms with van der Waals surface area (Å²) in [5.41, 5.74) is -5.71. The van der Waals surface area contributed by atoms with Crippen LogP contribution in [-0.4, -0.2) is 44.3 Å². The van der Waals surface area contributed by atoms with E-state index in [0.29, 0.717) is 0 Å². The smallest absolute Gasteiger partial charge is 0.323 e. The van der Waals surface area contributed by atoms with Gasteiger partial charge in [0.25, 0.3) is 0 Å². The molecule has 0 aliphatic heterocycles. The number of aliphatic carboxylic acids is 4. The van der Waals surface area contributed by atoms with Crippen LogP contribution in [0.1, 0.15) is 13.8 Å². The number of hydrogen-bond donors (Lipinski definition) is 4. The molecule has 1 aliphatic carbocycles. The summed E-state index contributed by atoms with van der Waals surface area (Å²) in [5, 5.41) is 36.3. The van der Waals surface area contributed by atoms with Gasteiger partial charge in [0, 0.05) is 0 Å². The summed E-state index contributed by atoms with van der Waals surface area (Å²) in [6, 6.07) is 0. The van der Waals surface area contributed by atoms with Gasteiger partial charge in [0.2, 0.25) is 0 Å². The minimum atomic E-state index is -2.86. The van der Waals surface area contributed by atoms with E-state index in [0.717, 1.165) is 0 Å². The van der Waals surface area contributed by atoms with Crippen LogP contribution >= 0.6 is 0 Å². The molecule has 2 unspecified atom stereocenters. The first-order chi connectivity index (χ1) is 8.09. The summed E-state index contributed by atoms with van der Waals surface area (Å²) in [7, 11) is 0.